The minimum absolute atomic E-state index is 0.0282. The standard InChI is InChI=1S/C76H115NO5S/c1-3-5-7-9-11-13-15-17-18-19-20-21-22-23-24-25-26-27-29-31-33-35-52-64-83(78,79)77-73(67-82-76(70-57-45-38-46-58-70,71-59-47-39-48-60-71)72-61-49-40-50-62-72)75(81-66-69-55-43-37-44-56-69)74(80-65-68-53-41-36-42-54-68)63-51-34-32-30-28-16-14-12-10-8-6-4-2/h36-50,53-62,73-75,77H,3-35,51-52,63-67H2,1-2H3/t73-,74+,75-/m0/s1. The quantitative estimate of drug-likeness (QED) is 0.0310. The van der Waals surface area contributed by atoms with Crippen LogP contribution in [0.4, 0.5) is 0 Å². The molecule has 0 amide bonds. The Morgan fingerprint density at radius 3 is 0.988 bits per heavy atom. The van der Waals surface area contributed by atoms with Crippen LogP contribution in [0.25, 0.3) is 0 Å². The summed E-state index contributed by atoms with van der Waals surface area (Å²) < 4.78 is 54.6. The van der Waals surface area contributed by atoms with E-state index in [1.165, 1.54) is 186 Å². The Labute approximate surface area is 508 Å². The molecule has 0 aliphatic rings. The lowest BCUT2D eigenvalue weighted by Gasteiger charge is -2.39. The molecule has 1 N–H and O–H groups in total. The molecule has 0 unspecified atom stereocenters. The first-order valence-electron chi connectivity index (χ1n) is 34.1. The fourth-order valence-corrected chi connectivity index (χ4v) is 13.5. The van der Waals surface area contributed by atoms with E-state index in [0.717, 1.165) is 66.3 Å². The summed E-state index contributed by atoms with van der Waals surface area (Å²) in [5.41, 5.74) is 3.89. The first-order chi connectivity index (χ1) is 40.9. The molecule has 7 heteroatoms. The normalized spacial score (nSPS) is 13.1. The summed E-state index contributed by atoms with van der Waals surface area (Å²) in [6, 6.07) is 50.8. The molecular formula is C76H115NO5S. The second kappa shape index (κ2) is 45.2. The zero-order valence-corrected chi connectivity index (χ0v) is 53.2. The number of rotatable bonds is 53. The fourth-order valence-electron chi connectivity index (χ4n) is 12.1. The fraction of sp³-hybridized carbons (Fsp3) is 0.605. The van der Waals surface area contributed by atoms with E-state index in [2.05, 4.69) is 116 Å². The molecule has 5 aromatic carbocycles. The van der Waals surface area contributed by atoms with E-state index in [9.17, 15) is 8.42 Å². The third kappa shape index (κ3) is 29.7. The maximum Gasteiger partial charge on any atom is 0.212 e. The lowest BCUT2D eigenvalue weighted by molar-refractivity contribution is -0.117. The monoisotopic (exact) mass is 1150 g/mol. The van der Waals surface area contributed by atoms with Crippen LogP contribution in [0.3, 0.4) is 0 Å². The van der Waals surface area contributed by atoms with Gasteiger partial charge in [-0.05, 0) is 40.7 Å². The van der Waals surface area contributed by atoms with Crippen molar-refractivity contribution in [2.75, 3.05) is 12.4 Å². The number of sulfonamides is 1. The SMILES string of the molecule is CCCCCCCCCCCCCCCCCCCCCCCCCS(=O)(=O)N[C@@H](COC(c1ccccc1)(c1ccccc1)c1ccccc1)[C@H](OCc1ccccc1)[C@@H](CCCCCCCCCCCCCC)OCc1ccccc1. The summed E-state index contributed by atoms with van der Waals surface area (Å²) in [6.45, 7) is 5.29. The van der Waals surface area contributed by atoms with E-state index in [0.29, 0.717) is 19.6 Å². The maximum atomic E-state index is 14.8. The maximum absolute atomic E-state index is 14.8. The highest BCUT2D eigenvalue weighted by molar-refractivity contribution is 7.89. The van der Waals surface area contributed by atoms with Gasteiger partial charge in [0.15, 0.2) is 0 Å². The number of hydrogen-bond donors (Lipinski definition) is 1. The van der Waals surface area contributed by atoms with Gasteiger partial charge in [-0.25, -0.2) is 13.1 Å². The summed E-state index contributed by atoms with van der Waals surface area (Å²) in [4.78, 5) is 0. The van der Waals surface area contributed by atoms with Crippen molar-refractivity contribution in [3.8, 4) is 0 Å². The summed E-state index contributed by atoms with van der Waals surface area (Å²) in [5.74, 6) is 0.0452. The second-order valence-electron chi connectivity index (χ2n) is 24.2. The molecular weight excluding hydrogens is 1040 g/mol. The number of unbranched alkanes of at least 4 members (excludes halogenated alkanes) is 33. The molecule has 6 nitrogen and oxygen atoms in total. The summed E-state index contributed by atoms with van der Waals surface area (Å²) in [6.07, 6.45) is 44.6. The van der Waals surface area contributed by atoms with Gasteiger partial charge in [-0.15, -0.1) is 0 Å². The average molecular weight is 1150 g/mol. The molecule has 0 aromatic heterocycles. The molecule has 5 rings (SSSR count). The van der Waals surface area contributed by atoms with Gasteiger partial charge in [0.2, 0.25) is 10.0 Å². The van der Waals surface area contributed by atoms with Crippen LogP contribution in [-0.2, 0) is 43.0 Å². The van der Waals surface area contributed by atoms with E-state index in [4.69, 9.17) is 14.2 Å². The lowest BCUT2D eigenvalue weighted by Crippen LogP contribution is -2.54. The molecule has 0 spiro atoms. The van der Waals surface area contributed by atoms with Gasteiger partial charge in [-0.2, -0.15) is 0 Å². The predicted molar refractivity (Wildman–Crippen MR) is 353 cm³/mol. The Morgan fingerprint density at radius 1 is 0.361 bits per heavy atom. The Balaban J connectivity index is 1.25. The summed E-state index contributed by atoms with van der Waals surface area (Å²) in [7, 11) is -3.81. The Kier molecular flexibility index (Phi) is 38.0. The van der Waals surface area contributed by atoms with Crippen LogP contribution in [0.5, 0.6) is 0 Å². The molecule has 460 valence electrons. The molecule has 0 fully saturated rings. The molecule has 0 aliphatic carbocycles. The van der Waals surface area contributed by atoms with E-state index in [1.807, 2.05) is 54.6 Å². The number of benzene rings is 5. The van der Waals surface area contributed by atoms with Crippen molar-refractivity contribution < 1.29 is 22.6 Å². The van der Waals surface area contributed by atoms with Gasteiger partial charge in [-0.1, -0.05) is 384 Å². The van der Waals surface area contributed by atoms with Gasteiger partial charge >= 0.3 is 0 Å². The van der Waals surface area contributed by atoms with Gasteiger partial charge in [0.25, 0.3) is 0 Å². The van der Waals surface area contributed by atoms with Crippen molar-refractivity contribution >= 4 is 10.0 Å². The molecule has 0 saturated carbocycles. The van der Waals surface area contributed by atoms with Gasteiger partial charge in [0.1, 0.15) is 11.7 Å². The zero-order chi connectivity index (χ0) is 58.4. The lowest BCUT2D eigenvalue weighted by atomic mass is 9.80. The van der Waals surface area contributed by atoms with Crippen LogP contribution < -0.4 is 4.72 Å². The molecule has 5 aromatic rings. The zero-order valence-electron chi connectivity index (χ0n) is 52.4. The van der Waals surface area contributed by atoms with Gasteiger partial charge in [0, 0.05) is 0 Å². The van der Waals surface area contributed by atoms with Crippen molar-refractivity contribution in [2.24, 2.45) is 0 Å². The van der Waals surface area contributed by atoms with Crippen molar-refractivity contribution in [2.45, 2.75) is 282 Å². The van der Waals surface area contributed by atoms with Gasteiger partial charge in [0.05, 0.1) is 37.7 Å². The highest BCUT2D eigenvalue weighted by atomic mass is 32.2. The van der Waals surface area contributed by atoms with Crippen LogP contribution in [0.15, 0.2) is 152 Å². The van der Waals surface area contributed by atoms with Crippen LogP contribution in [-0.4, -0.2) is 39.0 Å². The van der Waals surface area contributed by atoms with E-state index in [-0.39, 0.29) is 12.4 Å². The highest BCUT2D eigenvalue weighted by Crippen LogP contribution is 2.41. The Bertz CT molecular complexity index is 2250. The third-order valence-corrected chi connectivity index (χ3v) is 18.6. The van der Waals surface area contributed by atoms with Crippen molar-refractivity contribution in [3.05, 3.63) is 179 Å². The number of nitrogens with one attached hydrogen (secondary N) is 1. The Hall–Kier alpha value is -4.11. The van der Waals surface area contributed by atoms with E-state index < -0.39 is 33.9 Å². The molecule has 0 aliphatic heterocycles. The third-order valence-electron chi connectivity index (χ3n) is 17.1. The summed E-state index contributed by atoms with van der Waals surface area (Å²) >= 11 is 0. The number of ether oxygens (including phenoxy) is 3. The van der Waals surface area contributed by atoms with E-state index >= 15 is 0 Å². The second-order valence-corrected chi connectivity index (χ2v) is 26.1. The highest BCUT2D eigenvalue weighted by Gasteiger charge is 2.41. The van der Waals surface area contributed by atoms with Crippen LogP contribution >= 0.6 is 0 Å². The van der Waals surface area contributed by atoms with Crippen LogP contribution in [0, 0.1) is 0 Å². The molecule has 0 bridgehead atoms. The Morgan fingerprint density at radius 2 is 0.651 bits per heavy atom. The van der Waals surface area contributed by atoms with Crippen LogP contribution in [0.2, 0.25) is 0 Å². The van der Waals surface area contributed by atoms with Gasteiger partial charge in [-0.3, -0.25) is 0 Å². The largest absolute Gasteiger partial charge is 0.371 e. The smallest absolute Gasteiger partial charge is 0.212 e. The minimum Gasteiger partial charge on any atom is -0.371 e. The van der Waals surface area contributed by atoms with Crippen molar-refractivity contribution in [1.82, 2.24) is 4.72 Å². The molecule has 3 atom stereocenters. The first kappa shape index (κ1) is 69.7. The number of hydrogen-bond acceptors (Lipinski definition) is 5. The first-order valence-corrected chi connectivity index (χ1v) is 35.7. The van der Waals surface area contributed by atoms with Crippen LogP contribution in [0.1, 0.15) is 273 Å². The molecule has 83 heavy (non-hydrogen) atoms. The average Bonchev–Trinajstić information content (AvgIpc) is 2.94. The molecule has 0 heterocycles. The topological polar surface area (TPSA) is 73.9 Å². The van der Waals surface area contributed by atoms with Crippen molar-refractivity contribution in [3.63, 3.8) is 0 Å². The predicted octanol–water partition coefficient (Wildman–Crippen LogP) is 21.5. The van der Waals surface area contributed by atoms with Gasteiger partial charge < -0.3 is 14.2 Å². The molecule has 0 saturated heterocycles. The molecule has 0 radical (unpaired) electrons. The van der Waals surface area contributed by atoms with E-state index in [1.54, 1.807) is 0 Å². The minimum atomic E-state index is -3.81. The van der Waals surface area contributed by atoms with Crippen molar-refractivity contribution in [1.29, 1.82) is 0 Å². The summed E-state index contributed by atoms with van der Waals surface area (Å²) in [5, 5.41) is 0.